The lowest BCUT2D eigenvalue weighted by Crippen LogP contribution is -2.05. The molecule has 0 aliphatic carbocycles. The largest absolute Gasteiger partial charge is 0.478 e. The van der Waals surface area contributed by atoms with E-state index in [4.69, 9.17) is 0 Å². The summed E-state index contributed by atoms with van der Waals surface area (Å²) >= 11 is 0. The fourth-order valence-corrected chi connectivity index (χ4v) is 2.13. The monoisotopic (exact) mass is 269 g/mol. The molecule has 2 aromatic rings. The van der Waals surface area contributed by atoms with Crippen molar-refractivity contribution in [2.45, 2.75) is 27.7 Å². The van der Waals surface area contributed by atoms with E-state index in [-0.39, 0.29) is 0 Å². The van der Waals surface area contributed by atoms with Gasteiger partial charge >= 0.3 is 5.97 Å². The lowest BCUT2D eigenvalue weighted by molar-refractivity contribution is 0.0698. The summed E-state index contributed by atoms with van der Waals surface area (Å²) in [5.41, 5.74) is 6.23. The second kappa shape index (κ2) is 5.37. The van der Waals surface area contributed by atoms with Crippen molar-refractivity contribution < 1.29 is 9.90 Å². The molecule has 3 nitrogen and oxygen atoms in total. The number of carboxylic acids is 1. The van der Waals surface area contributed by atoms with E-state index in [1.54, 1.807) is 6.07 Å². The van der Waals surface area contributed by atoms with Crippen LogP contribution in [0.5, 0.6) is 0 Å². The summed E-state index contributed by atoms with van der Waals surface area (Å²) in [4.78, 5) is 11.4. The van der Waals surface area contributed by atoms with E-state index in [2.05, 4.69) is 5.32 Å². The number of benzene rings is 2. The number of carbonyl (C=O) groups is 1. The summed E-state index contributed by atoms with van der Waals surface area (Å²) in [6.45, 7) is 7.97. The molecule has 2 N–H and O–H groups in total. The topological polar surface area (TPSA) is 49.3 Å². The molecule has 0 unspecified atom stereocenters. The lowest BCUT2D eigenvalue weighted by Gasteiger charge is -2.15. The minimum Gasteiger partial charge on any atom is -0.478 e. The molecule has 0 amide bonds. The van der Waals surface area contributed by atoms with Crippen LogP contribution in [-0.4, -0.2) is 11.1 Å². The SMILES string of the molecule is Cc1cc(Nc2cccc(C)c2C)c(C(=O)O)cc1C. The van der Waals surface area contributed by atoms with Gasteiger partial charge in [-0.1, -0.05) is 12.1 Å². The Labute approximate surface area is 119 Å². The van der Waals surface area contributed by atoms with Crippen molar-refractivity contribution in [2.24, 2.45) is 0 Å². The predicted molar refractivity (Wildman–Crippen MR) is 82.1 cm³/mol. The van der Waals surface area contributed by atoms with Gasteiger partial charge in [-0.2, -0.15) is 0 Å². The third kappa shape index (κ3) is 2.67. The second-order valence-electron chi connectivity index (χ2n) is 5.16. The van der Waals surface area contributed by atoms with E-state index in [1.165, 1.54) is 5.56 Å². The molecule has 0 saturated carbocycles. The molecule has 0 bridgehead atoms. The highest BCUT2D eigenvalue weighted by Crippen LogP contribution is 2.27. The van der Waals surface area contributed by atoms with Crippen LogP contribution in [0.25, 0.3) is 0 Å². The highest BCUT2D eigenvalue weighted by Gasteiger charge is 2.13. The zero-order chi connectivity index (χ0) is 14.9. The van der Waals surface area contributed by atoms with Crippen LogP contribution in [0.15, 0.2) is 30.3 Å². The third-order valence-corrected chi connectivity index (χ3v) is 3.74. The fourth-order valence-electron chi connectivity index (χ4n) is 2.13. The molecule has 0 aromatic heterocycles. The first-order valence-corrected chi connectivity index (χ1v) is 6.58. The molecular weight excluding hydrogens is 250 g/mol. The van der Waals surface area contributed by atoms with Gasteiger partial charge in [0, 0.05) is 5.69 Å². The van der Waals surface area contributed by atoms with Gasteiger partial charge in [0.1, 0.15) is 0 Å². The Kier molecular flexibility index (Phi) is 3.79. The van der Waals surface area contributed by atoms with E-state index < -0.39 is 5.97 Å². The lowest BCUT2D eigenvalue weighted by atomic mass is 10.0. The van der Waals surface area contributed by atoms with Crippen molar-refractivity contribution in [3.63, 3.8) is 0 Å². The van der Waals surface area contributed by atoms with Crippen molar-refractivity contribution in [3.05, 3.63) is 58.1 Å². The zero-order valence-corrected chi connectivity index (χ0v) is 12.2. The summed E-state index contributed by atoms with van der Waals surface area (Å²) in [7, 11) is 0. The minimum absolute atomic E-state index is 0.300. The number of rotatable bonds is 3. The van der Waals surface area contributed by atoms with Gasteiger partial charge in [-0.3, -0.25) is 0 Å². The quantitative estimate of drug-likeness (QED) is 0.870. The van der Waals surface area contributed by atoms with Crippen molar-refractivity contribution in [1.29, 1.82) is 0 Å². The van der Waals surface area contributed by atoms with Gasteiger partial charge in [0.05, 0.1) is 11.3 Å². The van der Waals surface area contributed by atoms with Crippen molar-refractivity contribution in [1.82, 2.24) is 0 Å². The molecule has 0 saturated heterocycles. The molecule has 0 spiro atoms. The highest BCUT2D eigenvalue weighted by atomic mass is 16.4. The molecule has 0 radical (unpaired) electrons. The van der Waals surface area contributed by atoms with Crippen molar-refractivity contribution >= 4 is 17.3 Å². The first-order chi connectivity index (χ1) is 9.40. The maximum Gasteiger partial charge on any atom is 0.337 e. The van der Waals surface area contributed by atoms with Gasteiger partial charge in [0.15, 0.2) is 0 Å². The van der Waals surface area contributed by atoms with Gasteiger partial charge in [-0.05, 0) is 68.1 Å². The second-order valence-corrected chi connectivity index (χ2v) is 5.16. The van der Waals surface area contributed by atoms with Crippen LogP contribution in [0.4, 0.5) is 11.4 Å². The molecule has 0 aliphatic rings. The summed E-state index contributed by atoms with van der Waals surface area (Å²) < 4.78 is 0. The van der Waals surface area contributed by atoms with Crippen LogP contribution in [0.1, 0.15) is 32.6 Å². The molecule has 2 aromatic carbocycles. The zero-order valence-electron chi connectivity index (χ0n) is 12.2. The number of carboxylic acid groups (broad SMARTS) is 1. The number of aromatic carboxylic acids is 1. The van der Waals surface area contributed by atoms with Crippen LogP contribution >= 0.6 is 0 Å². The summed E-state index contributed by atoms with van der Waals surface area (Å²) in [5.74, 6) is -0.916. The Balaban J connectivity index is 2.50. The normalized spacial score (nSPS) is 10.4. The number of hydrogen-bond acceptors (Lipinski definition) is 2. The molecule has 0 atom stereocenters. The predicted octanol–water partition coefficient (Wildman–Crippen LogP) is 4.36. The molecule has 0 aliphatic heterocycles. The maximum atomic E-state index is 11.4. The minimum atomic E-state index is -0.916. The number of nitrogens with one attached hydrogen (secondary N) is 1. The molecule has 0 heterocycles. The van der Waals surface area contributed by atoms with Crippen LogP contribution in [0.3, 0.4) is 0 Å². The summed E-state index contributed by atoms with van der Waals surface area (Å²) in [6.07, 6.45) is 0. The van der Waals surface area contributed by atoms with Gasteiger partial charge in [-0.25, -0.2) is 4.79 Å². The highest BCUT2D eigenvalue weighted by molar-refractivity contribution is 5.95. The molecule has 3 heteroatoms. The molecule has 0 fully saturated rings. The Morgan fingerprint density at radius 1 is 0.950 bits per heavy atom. The van der Waals surface area contributed by atoms with E-state index >= 15 is 0 Å². The van der Waals surface area contributed by atoms with Crippen molar-refractivity contribution in [3.8, 4) is 0 Å². The van der Waals surface area contributed by atoms with E-state index in [9.17, 15) is 9.90 Å². The number of aryl methyl sites for hydroxylation is 3. The fraction of sp³-hybridized carbons (Fsp3) is 0.235. The Bertz CT molecular complexity index is 675. The van der Waals surface area contributed by atoms with E-state index in [1.807, 2.05) is 52.0 Å². The van der Waals surface area contributed by atoms with E-state index in [0.29, 0.717) is 11.3 Å². The average molecular weight is 269 g/mol. The van der Waals surface area contributed by atoms with Crippen LogP contribution in [0, 0.1) is 27.7 Å². The van der Waals surface area contributed by atoms with Gasteiger partial charge in [-0.15, -0.1) is 0 Å². The average Bonchev–Trinajstić information content (AvgIpc) is 2.38. The van der Waals surface area contributed by atoms with Crippen molar-refractivity contribution in [2.75, 3.05) is 5.32 Å². The molecular formula is C17H19NO2. The molecule has 20 heavy (non-hydrogen) atoms. The van der Waals surface area contributed by atoms with Crippen LogP contribution in [-0.2, 0) is 0 Å². The number of anilines is 2. The summed E-state index contributed by atoms with van der Waals surface area (Å²) in [5, 5.41) is 12.6. The third-order valence-electron chi connectivity index (χ3n) is 3.74. The molecule has 104 valence electrons. The van der Waals surface area contributed by atoms with Crippen LogP contribution < -0.4 is 5.32 Å². The maximum absolute atomic E-state index is 11.4. The Hall–Kier alpha value is -2.29. The Morgan fingerprint density at radius 3 is 2.25 bits per heavy atom. The first-order valence-electron chi connectivity index (χ1n) is 6.58. The van der Waals surface area contributed by atoms with Crippen LogP contribution in [0.2, 0.25) is 0 Å². The first kappa shape index (κ1) is 14.1. The summed E-state index contributed by atoms with van der Waals surface area (Å²) in [6, 6.07) is 9.57. The molecule has 2 rings (SSSR count). The van der Waals surface area contributed by atoms with Gasteiger partial charge in [0.25, 0.3) is 0 Å². The smallest absolute Gasteiger partial charge is 0.337 e. The standard InChI is InChI=1S/C17H19NO2/c1-10-6-5-7-15(13(10)4)18-16-9-12(3)11(2)8-14(16)17(19)20/h5-9,18H,1-4H3,(H,19,20). The van der Waals surface area contributed by atoms with E-state index in [0.717, 1.165) is 22.4 Å². The van der Waals surface area contributed by atoms with Gasteiger partial charge in [0.2, 0.25) is 0 Å². The van der Waals surface area contributed by atoms with Gasteiger partial charge < -0.3 is 10.4 Å². The number of hydrogen-bond donors (Lipinski definition) is 2. The Morgan fingerprint density at radius 2 is 1.60 bits per heavy atom.